The summed E-state index contributed by atoms with van der Waals surface area (Å²) < 4.78 is 1.91. The summed E-state index contributed by atoms with van der Waals surface area (Å²) in [6, 6.07) is 14.1. The molecule has 3 aromatic heterocycles. The van der Waals surface area contributed by atoms with E-state index in [2.05, 4.69) is 4.98 Å². The van der Waals surface area contributed by atoms with Gasteiger partial charge in [0.15, 0.2) is 0 Å². The van der Waals surface area contributed by atoms with Crippen molar-refractivity contribution in [1.29, 1.82) is 0 Å². The standard InChI is InChI=1S/C17H14N4/c1-11-7-9-21-14(10-11)20-16(17(21)18)13-6-2-4-12-5-3-8-19-15(12)13/h2-10H,18H2,1H3. The maximum absolute atomic E-state index is 6.28. The summed E-state index contributed by atoms with van der Waals surface area (Å²) in [4.78, 5) is 9.17. The molecule has 0 radical (unpaired) electrons. The molecule has 0 fully saturated rings. The highest BCUT2D eigenvalue weighted by atomic mass is 15.1. The van der Waals surface area contributed by atoms with Gasteiger partial charge in [0.1, 0.15) is 17.2 Å². The van der Waals surface area contributed by atoms with E-state index in [9.17, 15) is 0 Å². The first-order valence-corrected chi connectivity index (χ1v) is 6.82. The van der Waals surface area contributed by atoms with Crippen LogP contribution in [0.3, 0.4) is 0 Å². The summed E-state index contributed by atoms with van der Waals surface area (Å²) in [5.41, 5.74) is 11.0. The topological polar surface area (TPSA) is 56.2 Å². The van der Waals surface area contributed by atoms with Crippen LogP contribution in [0.4, 0.5) is 5.82 Å². The van der Waals surface area contributed by atoms with Crippen molar-refractivity contribution in [3.8, 4) is 11.3 Å². The van der Waals surface area contributed by atoms with Gasteiger partial charge in [-0.25, -0.2) is 4.98 Å². The van der Waals surface area contributed by atoms with E-state index in [1.165, 1.54) is 0 Å². The van der Waals surface area contributed by atoms with Crippen molar-refractivity contribution in [2.75, 3.05) is 5.73 Å². The Balaban J connectivity index is 2.07. The van der Waals surface area contributed by atoms with Gasteiger partial charge in [-0.05, 0) is 30.7 Å². The van der Waals surface area contributed by atoms with E-state index in [-0.39, 0.29) is 0 Å². The van der Waals surface area contributed by atoms with E-state index in [1.807, 2.05) is 60.0 Å². The van der Waals surface area contributed by atoms with Crippen molar-refractivity contribution in [3.05, 3.63) is 60.4 Å². The van der Waals surface area contributed by atoms with Crippen molar-refractivity contribution in [2.24, 2.45) is 0 Å². The molecule has 3 heterocycles. The Morgan fingerprint density at radius 1 is 1.10 bits per heavy atom. The molecule has 0 aliphatic heterocycles. The molecule has 21 heavy (non-hydrogen) atoms. The third-order valence-corrected chi connectivity index (χ3v) is 3.71. The van der Waals surface area contributed by atoms with Crippen LogP contribution in [0.2, 0.25) is 0 Å². The van der Waals surface area contributed by atoms with Crippen LogP contribution in [0.5, 0.6) is 0 Å². The van der Waals surface area contributed by atoms with Gasteiger partial charge in [-0.15, -0.1) is 0 Å². The van der Waals surface area contributed by atoms with Gasteiger partial charge in [0.2, 0.25) is 0 Å². The summed E-state index contributed by atoms with van der Waals surface area (Å²) in [5.74, 6) is 0.642. The van der Waals surface area contributed by atoms with E-state index >= 15 is 0 Å². The fourth-order valence-electron chi connectivity index (χ4n) is 2.66. The van der Waals surface area contributed by atoms with Crippen LogP contribution in [0.1, 0.15) is 5.56 Å². The van der Waals surface area contributed by atoms with Gasteiger partial charge in [0.05, 0.1) is 5.52 Å². The predicted octanol–water partition coefficient (Wildman–Crippen LogP) is 3.44. The van der Waals surface area contributed by atoms with Crippen LogP contribution < -0.4 is 5.73 Å². The number of aryl methyl sites for hydroxylation is 1. The predicted molar refractivity (Wildman–Crippen MR) is 85.1 cm³/mol. The normalized spacial score (nSPS) is 11.3. The number of nitrogens with zero attached hydrogens (tertiary/aromatic N) is 3. The zero-order chi connectivity index (χ0) is 14.4. The van der Waals surface area contributed by atoms with Crippen molar-refractivity contribution in [2.45, 2.75) is 6.92 Å². The van der Waals surface area contributed by atoms with Crippen LogP contribution >= 0.6 is 0 Å². The van der Waals surface area contributed by atoms with Crippen LogP contribution in [0, 0.1) is 6.92 Å². The number of aromatic nitrogens is 3. The molecule has 4 heteroatoms. The summed E-state index contributed by atoms with van der Waals surface area (Å²) in [7, 11) is 0. The quantitative estimate of drug-likeness (QED) is 0.578. The number of rotatable bonds is 1. The minimum atomic E-state index is 0.642. The first-order valence-electron chi connectivity index (χ1n) is 6.82. The van der Waals surface area contributed by atoms with Gasteiger partial charge >= 0.3 is 0 Å². The van der Waals surface area contributed by atoms with Crippen molar-refractivity contribution in [3.63, 3.8) is 0 Å². The Morgan fingerprint density at radius 3 is 2.86 bits per heavy atom. The van der Waals surface area contributed by atoms with E-state index in [0.29, 0.717) is 5.82 Å². The number of imidazole rings is 1. The second kappa shape index (κ2) is 4.31. The smallest absolute Gasteiger partial charge is 0.139 e. The maximum Gasteiger partial charge on any atom is 0.139 e. The van der Waals surface area contributed by atoms with Crippen LogP contribution in [0.15, 0.2) is 54.9 Å². The third-order valence-electron chi connectivity index (χ3n) is 3.71. The fraction of sp³-hybridized carbons (Fsp3) is 0.0588. The van der Waals surface area contributed by atoms with Gasteiger partial charge in [-0.2, -0.15) is 0 Å². The summed E-state index contributed by atoms with van der Waals surface area (Å²) >= 11 is 0. The summed E-state index contributed by atoms with van der Waals surface area (Å²) in [6.07, 6.45) is 3.75. The molecule has 0 bridgehead atoms. The molecule has 0 aliphatic rings. The highest BCUT2D eigenvalue weighted by Gasteiger charge is 2.14. The number of hydrogen-bond acceptors (Lipinski definition) is 3. The zero-order valence-electron chi connectivity index (χ0n) is 11.6. The Bertz CT molecular complexity index is 964. The Morgan fingerprint density at radius 2 is 1.95 bits per heavy atom. The van der Waals surface area contributed by atoms with Gasteiger partial charge in [-0.1, -0.05) is 24.3 Å². The molecule has 0 unspecified atom stereocenters. The zero-order valence-corrected chi connectivity index (χ0v) is 11.6. The number of benzene rings is 1. The minimum Gasteiger partial charge on any atom is -0.383 e. The molecule has 0 saturated heterocycles. The van der Waals surface area contributed by atoms with E-state index in [0.717, 1.165) is 33.4 Å². The second-order valence-electron chi connectivity index (χ2n) is 5.16. The molecular formula is C17H14N4. The molecule has 0 aliphatic carbocycles. The van der Waals surface area contributed by atoms with Gasteiger partial charge in [0, 0.05) is 23.3 Å². The highest BCUT2D eigenvalue weighted by Crippen LogP contribution is 2.31. The second-order valence-corrected chi connectivity index (χ2v) is 5.16. The monoisotopic (exact) mass is 274 g/mol. The third kappa shape index (κ3) is 1.76. The molecule has 102 valence electrons. The number of nitrogens with two attached hydrogens (primary N) is 1. The molecule has 4 nitrogen and oxygen atoms in total. The highest BCUT2D eigenvalue weighted by molar-refractivity contribution is 5.95. The molecule has 4 aromatic rings. The molecule has 1 aromatic carbocycles. The minimum absolute atomic E-state index is 0.642. The van der Waals surface area contributed by atoms with E-state index in [4.69, 9.17) is 10.7 Å². The van der Waals surface area contributed by atoms with Crippen molar-refractivity contribution in [1.82, 2.24) is 14.4 Å². The SMILES string of the molecule is Cc1ccn2c(N)c(-c3cccc4cccnc34)nc2c1. The van der Waals surface area contributed by atoms with Gasteiger partial charge in [-0.3, -0.25) is 9.38 Å². The Labute approximate surface area is 121 Å². The lowest BCUT2D eigenvalue weighted by Crippen LogP contribution is -1.94. The molecule has 4 rings (SSSR count). The maximum atomic E-state index is 6.28. The van der Waals surface area contributed by atoms with E-state index < -0.39 is 0 Å². The number of nitrogen functional groups attached to an aromatic ring is 1. The summed E-state index contributed by atoms with van der Waals surface area (Å²) in [5, 5.41) is 1.09. The number of fused-ring (bicyclic) bond motifs is 2. The van der Waals surface area contributed by atoms with E-state index in [1.54, 1.807) is 6.20 Å². The largest absolute Gasteiger partial charge is 0.383 e. The fourth-order valence-corrected chi connectivity index (χ4v) is 2.66. The lowest BCUT2D eigenvalue weighted by atomic mass is 10.1. The molecule has 0 saturated carbocycles. The average Bonchev–Trinajstić information content (AvgIpc) is 2.83. The lowest BCUT2D eigenvalue weighted by molar-refractivity contribution is 1.18. The first-order chi connectivity index (χ1) is 10.2. The van der Waals surface area contributed by atoms with Gasteiger partial charge < -0.3 is 5.73 Å². The number of pyridine rings is 2. The van der Waals surface area contributed by atoms with Crippen molar-refractivity contribution < 1.29 is 0 Å². The van der Waals surface area contributed by atoms with Crippen LogP contribution in [-0.2, 0) is 0 Å². The molecule has 0 spiro atoms. The first kappa shape index (κ1) is 11.9. The number of para-hydroxylation sites is 1. The lowest BCUT2D eigenvalue weighted by Gasteiger charge is -2.03. The summed E-state index contributed by atoms with van der Waals surface area (Å²) in [6.45, 7) is 2.05. The Kier molecular flexibility index (Phi) is 2.44. The molecule has 0 amide bonds. The van der Waals surface area contributed by atoms with Crippen molar-refractivity contribution >= 4 is 22.4 Å². The number of hydrogen-bond donors (Lipinski definition) is 1. The Hall–Kier alpha value is -2.88. The van der Waals surface area contributed by atoms with Crippen LogP contribution in [-0.4, -0.2) is 14.4 Å². The average molecular weight is 274 g/mol. The molecular weight excluding hydrogens is 260 g/mol. The van der Waals surface area contributed by atoms with Crippen LogP contribution in [0.25, 0.3) is 27.8 Å². The molecule has 0 atom stereocenters. The number of anilines is 1. The van der Waals surface area contributed by atoms with Gasteiger partial charge in [0.25, 0.3) is 0 Å². The molecule has 2 N–H and O–H groups in total.